The fraction of sp³-hybridized carbons (Fsp3) is 0.857. The van der Waals surface area contributed by atoms with Crippen LogP contribution in [0.1, 0.15) is 48.5 Å². The van der Waals surface area contributed by atoms with Crippen LogP contribution >= 0.6 is 0 Å². The number of aliphatic hydroxyl groups is 1. The lowest BCUT2D eigenvalue weighted by atomic mass is 10.2. The van der Waals surface area contributed by atoms with Gasteiger partial charge in [0.05, 0.1) is 12.2 Å². The second-order valence-corrected chi connectivity index (χ2v) is 11.3. The zero-order valence-electron chi connectivity index (χ0n) is 12.5. The van der Waals surface area contributed by atoms with Crippen LogP contribution in [0.25, 0.3) is 0 Å². The molecule has 0 aliphatic rings. The minimum absolute atomic E-state index is 0.161. The first-order valence-corrected chi connectivity index (χ1v) is 8.82. The van der Waals surface area contributed by atoms with Crippen molar-refractivity contribution < 1.29 is 9.53 Å². The van der Waals surface area contributed by atoms with Crippen LogP contribution in [0.15, 0.2) is 12.7 Å². The molecule has 0 aromatic rings. The zero-order valence-corrected chi connectivity index (χ0v) is 13.5. The van der Waals surface area contributed by atoms with Gasteiger partial charge in [0.15, 0.2) is 0 Å². The molecule has 0 aromatic heterocycles. The van der Waals surface area contributed by atoms with E-state index in [2.05, 4.69) is 48.1 Å². The summed E-state index contributed by atoms with van der Waals surface area (Å²) in [7, 11) is -1.88. The lowest BCUT2D eigenvalue weighted by Crippen LogP contribution is -2.51. The molecule has 0 saturated heterocycles. The summed E-state index contributed by atoms with van der Waals surface area (Å²) < 4.78 is 6.39. The number of hydrogen-bond donors (Lipinski definition) is 1. The average Bonchev–Trinajstić information content (AvgIpc) is 2.22. The van der Waals surface area contributed by atoms with E-state index >= 15 is 0 Å². The fourth-order valence-electron chi connectivity index (χ4n) is 2.99. The van der Waals surface area contributed by atoms with E-state index in [-0.39, 0.29) is 6.10 Å². The molecule has 2 atom stereocenters. The van der Waals surface area contributed by atoms with Crippen molar-refractivity contribution >= 4 is 8.32 Å². The second-order valence-electron chi connectivity index (χ2n) is 5.87. The van der Waals surface area contributed by atoms with Gasteiger partial charge >= 0.3 is 0 Å². The Hall–Kier alpha value is -0.123. The van der Waals surface area contributed by atoms with Crippen LogP contribution in [-0.4, -0.2) is 25.6 Å². The molecule has 2 nitrogen and oxygen atoms in total. The first-order valence-electron chi connectivity index (χ1n) is 6.68. The Kier molecular flexibility index (Phi) is 6.67. The molecule has 0 aliphatic carbocycles. The van der Waals surface area contributed by atoms with E-state index in [0.717, 1.165) is 0 Å². The van der Waals surface area contributed by atoms with Gasteiger partial charge in [-0.25, -0.2) is 0 Å². The fourth-order valence-corrected chi connectivity index (χ4v) is 8.59. The van der Waals surface area contributed by atoms with Crippen LogP contribution in [0.5, 0.6) is 0 Å². The Morgan fingerprint density at radius 1 is 0.941 bits per heavy atom. The summed E-state index contributed by atoms with van der Waals surface area (Å²) >= 11 is 0. The van der Waals surface area contributed by atoms with Crippen molar-refractivity contribution in [3.8, 4) is 0 Å². The first-order chi connectivity index (χ1) is 7.70. The van der Waals surface area contributed by atoms with Crippen LogP contribution in [0, 0.1) is 0 Å². The van der Waals surface area contributed by atoms with Crippen molar-refractivity contribution in [3.05, 3.63) is 12.7 Å². The second kappa shape index (κ2) is 6.71. The van der Waals surface area contributed by atoms with Crippen molar-refractivity contribution in [1.29, 1.82) is 0 Å². The molecule has 0 radical (unpaired) electrons. The summed E-state index contributed by atoms with van der Waals surface area (Å²) in [5, 5.41) is 9.81. The van der Waals surface area contributed by atoms with Gasteiger partial charge in [-0.05, 0) is 23.5 Å². The van der Waals surface area contributed by atoms with Crippen LogP contribution in [0.3, 0.4) is 0 Å². The first kappa shape index (κ1) is 16.9. The van der Waals surface area contributed by atoms with Crippen molar-refractivity contribution in [1.82, 2.24) is 0 Å². The molecule has 2 unspecified atom stereocenters. The average molecular weight is 258 g/mol. The minimum Gasteiger partial charge on any atom is -0.410 e. The topological polar surface area (TPSA) is 29.5 Å². The summed E-state index contributed by atoms with van der Waals surface area (Å²) in [6.07, 6.45) is 0.828. The van der Waals surface area contributed by atoms with Crippen LogP contribution in [0.2, 0.25) is 16.6 Å². The highest BCUT2D eigenvalue weighted by Crippen LogP contribution is 2.43. The monoisotopic (exact) mass is 258 g/mol. The van der Waals surface area contributed by atoms with E-state index in [0.29, 0.717) is 16.6 Å². The predicted octanol–water partition coefficient (Wildman–Crippen LogP) is 4.11. The summed E-state index contributed by atoms with van der Waals surface area (Å²) in [5.74, 6) is 0. The molecule has 102 valence electrons. The van der Waals surface area contributed by atoms with Crippen molar-refractivity contribution in [2.75, 3.05) is 0 Å². The molecule has 17 heavy (non-hydrogen) atoms. The molecular formula is C14H30O2Si. The van der Waals surface area contributed by atoms with Gasteiger partial charge in [0.2, 0.25) is 8.32 Å². The standard InChI is InChI=1S/C14H30O2Si/c1-9-14(15)13(8)16-17(10(2)3,11(4)5)12(6)7/h9-15H,1H2,2-8H3. The molecule has 0 heterocycles. The summed E-state index contributed by atoms with van der Waals surface area (Å²) in [6, 6.07) is 0. The Morgan fingerprint density at radius 3 is 1.53 bits per heavy atom. The highest BCUT2D eigenvalue weighted by atomic mass is 28.4. The van der Waals surface area contributed by atoms with Gasteiger partial charge < -0.3 is 9.53 Å². The molecule has 0 amide bonds. The van der Waals surface area contributed by atoms with Crippen molar-refractivity contribution in [3.63, 3.8) is 0 Å². The molecular weight excluding hydrogens is 228 g/mol. The van der Waals surface area contributed by atoms with E-state index in [4.69, 9.17) is 4.43 Å². The van der Waals surface area contributed by atoms with E-state index in [1.54, 1.807) is 6.08 Å². The van der Waals surface area contributed by atoms with Crippen LogP contribution in [0.4, 0.5) is 0 Å². The van der Waals surface area contributed by atoms with Gasteiger partial charge in [-0.15, -0.1) is 6.58 Å². The maximum Gasteiger partial charge on any atom is 0.200 e. The quantitative estimate of drug-likeness (QED) is 0.550. The molecule has 0 spiro atoms. The predicted molar refractivity (Wildman–Crippen MR) is 77.8 cm³/mol. The zero-order chi connectivity index (χ0) is 13.8. The Labute approximate surface area is 108 Å². The van der Waals surface area contributed by atoms with E-state index < -0.39 is 14.4 Å². The third-order valence-corrected chi connectivity index (χ3v) is 10.0. The normalized spacial score (nSPS) is 16.6. The van der Waals surface area contributed by atoms with E-state index in [1.807, 2.05) is 6.92 Å². The third kappa shape index (κ3) is 3.67. The number of hydrogen-bond acceptors (Lipinski definition) is 2. The summed E-state index contributed by atoms with van der Waals surface area (Å²) in [5.41, 5.74) is 1.63. The summed E-state index contributed by atoms with van der Waals surface area (Å²) in [6.45, 7) is 19.1. The number of rotatable bonds is 7. The van der Waals surface area contributed by atoms with Crippen molar-refractivity contribution in [2.45, 2.75) is 77.3 Å². The largest absolute Gasteiger partial charge is 0.410 e. The molecule has 1 N–H and O–H groups in total. The molecule has 3 heteroatoms. The molecule has 0 aliphatic heterocycles. The van der Waals surface area contributed by atoms with Gasteiger partial charge in [0.25, 0.3) is 0 Å². The van der Waals surface area contributed by atoms with E-state index in [1.165, 1.54) is 0 Å². The third-order valence-electron chi connectivity index (χ3n) is 3.82. The van der Waals surface area contributed by atoms with Gasteiger partial charge in [-0.2, -0.15) is 0 Å². The van der Waals surface area contributed by atoms with Gasteiger partial charge in [0.1, 0.15) is 0 Å². The van der Waals surface area contributed by atoms with Gasteiger partial charge in [-0.3, -0.25) is 0 Å². The smallest absolute Gasteiger partial charge is 0.200 e. The highest BCUT2D eigenvalue weighted by Gasteiger charge is 2.46. The molecule has 0 bridgehead atoms. The Bertz CT molecular complexity index is 215. The molecule has 0 saturated carbocycles. The molecule has 0 rings (SSSR count). The lowest BCUT2D eigenvalue weighted by molar-refractivity contribution is 0.0663. The highest BCUT2D eigenvalue weighted by molar-refractivity contribution is 6.77. The van der Waals surface area contributed by atoms with Crippen LogP contribution < -0.4 is 0 Å². The maximum atomic E-state index is 9.81. The Morgan fingerprint density at radius 2 is 1.29 bits per heavy atom. The lowest BCUT2D eigenvalue weighted by Gasteiger charge is -2.44. The van der Waals surface area contributed by atoms with Gasteiger partial charge in [-0.1, -0.05) is 47.6 Å². The number of aliphatic hydroxyl groups excluding tert-OH is 1. The minimum atomic E-state index is -1.88. The van der Waals surface area contributed by atoms with Crippen LogP contribution in [-0.2, 0) is 4.43 Å². The summed E-state index contributed by atoms with van der Waals surface area (Å²) in [4.78, 5) is 0. The van der Waals surface area contributed by atoms with Crippen molar-refractivity contribution in [2.24, 2.45) is 0 Å². The van der Waals surface area contributed by atoms with Gasteiger partial charge in [0, 0.05) is 0 Å². The van der Waals surface area contributed by atoms with E-state index in [9.17, 15) is 5.11 Å². The molecule has 0 fully saturated rings. The molecule has 0 aromatic carbocycles. The maximum absolute atomic E-state index is 9.81. The Balaban J connectivity index is 5.12. The SMILES string of the molecule is C=CC(O)C(C)O[Si](C(C)C)(C(C)C)C(C)C.